The van der Waals surface area contributed by atoms with Crippen molar-refractivity contribution in [3.05, 3.63) is 12.1 Å². The van der Waals surface area contributed by atoms with Crippen molar-refractivity contribution in [1.29, 1.82) is 0 Å². The molecule has 0 spiro atoms. The van der Waals surface area contributed by atoms with Gasteiger partial charge in [-0.25, -0.2) is 4.98 Å². The number of benzene rings is 1. The standard InChI is InChI=1S/C13H14N2O4S/c1-7(16)18-11-5-9-10(6-12(11)19-8(2)17)15(3)13(14-9)20-4/h5-6H,1-4H3. The molecule has 7 heteroatoms. The predicted octanol–water partition coefficient (Wildman–Crippen LogP) is 2.15. The van der Waals surface area contributed by atoms with Crippen LogP contribution in [0.3, 0.4) is 0 Å². The third-order valence-electron chi connectivity index (χ3n) is 2.60. The summed E-state index contributed by atoms with van der Waals surface area (Å²) < 4.78 is 12.0. The number of carbonyl (C=O) groups excluding carboxylic acids is 2. The van der Waals surface area contributed by atoms with Gasteiger partial charge in [0, 0.05) is 33.0 Å². The van der Waals surface area contributed by atoms with Gasteiger partial charge in [0.25, 0.3) is 0 Å². The van der Waals surface area contributed by atoms with E-state index in [-0.39, 0.29) is 11.5 Å². The van der Waals surface area contributed by atoms with Crippen LogP contribution in [0.4, 0.5) is 0 Å². The number of ether oxygens (including phenoxy) is 2. The zero-order chi connectivity index (χ0) is 14.9. The number of hydrogen-bond acceptors (Lipinski definition) is 6. The van der Waals surface area contributed by atoms with E-state index in [1.54, 1.807) is 12.1 Å². The summed E-state index contributed by atoms with van der Waals surface area (Å²) in [4.78, 5) is 26.7. The number of imidazole rings is 1. The Balaban J connectivity index is 2.62. The number of thioether (sulfide) groups is 1. The smallest absolute Gasteiger partial charge is 0.308 e. The van der Waals surface area contributed by atoms with Crippen LogP contribution < -0.4 is 9.47 Å². The minimum Gasteiger partial charge on any atom is -0.423 e. The van der Waals surface area contributed by atoms with Crippen molar-refractivity contribution in [2.75, 3.05) is 6.26 Å². The lowest BCUT2D eigenvalue weighted by Gasteiger charge is -2.08. The van der Waals surface area contributed by atoms with E-state index in [0.717, 1.165) is 10.7 Å². The molecule has 1 aromatic heterocycles. The van der Waals surface area contributed by atoms with Crippen molar-refractivity contribution in [2.45, 2.75) is 19.0 Å². The van der Waals surface area contributed by atoms with E-state index in [9.17, 15) is 9.59 Å². The topological polar surface area (TPSA) is 70.4 Å². The molecule has 2 aromatic rings. The van der Waals surface area contributed by atoms with E-state index >= 15 is 0 Å². The number of fused-ring (bicyclic) bond motifs is 1. The third kappa shape index (κ3) is 2.77. The number of aryl methyl sites for hydroxylation is 1. The normalized spacial score (nSPS) is 10.6. The van der Waals surface area contributed by atoms with Crippen molar-refractivity contribution >= 4 is 34.7 Å². The van der Waals surface area contributed by atoms with Crippen LogP contribution in [0.2, 0.25) is 0 Å². The summed E-state index contributed by atoms with van der Waals surface area (Å²) in [5.74, 6) is -0.578. The van der Waals surface area contributed by atoms with E-state index in [1.807, 2.05) is 17.9 Å². The lowest BCUT2D eigenvalue weighted by molar-refractivity contribution is -0.134. The van der Waals surface area contributed by atoms with Crippen molar-refractivity contribution in [2.24, 2.45) is 7.05 Å². The van der Waals surface area contributed by atoms with Crippen LogP contribution in [0.1, 0.15) is 13.8 Å². The minimum absolute atomic E-state index is 0.186. The molecule has 106 valence electrons. The van der Waals surface area contributed by atoms with Gasteiger partial charge in [-0.1, -0.05) is 11.8 Å². The summed E-state index contributed by atoms with van der Waals surface area (Å²) in [7, 11) is 1.87. The maximum absolute atomic E-state index is 11.1. The molecule has 0 aliphatic rings. The summed E-state index contributed by atoms with van der Waals surface area (Å²) in [5.41, 5.74) is 1.46. The Morgan fingerprint density at radius 3 is 2.20 bits per heavy atom. The first kappa shape index (κ1) is 14.4. The van der Waals surface area contributed by atoms with Gasteiger partial charge in [0.2, 0.25) is 0 Å². The fourth-order valence-corrected chi connectivity index (χ4v) is 2.39. The number of hydrogen-bond donors (Lipinski definition) is 0. The summed E-state index contributed by atoms with van der Waals surface area (Å²) in [6.45, 7) is 2.58. The Bertz CT molecular complexity index is 693. The highest BCUT2D eigenvalue weighted by Crippen LogP contribution is 2.34. The Morgan fingerprint density at radius 2 is 1.70 bits per heavy atom. The molecule has 0 atom stereocenters. The van der Waals surface area contributed by atoms with Crippen LogP contribution in [0.5, 0.6) is 11.5 Å². The average Bonchev–Trinajstić information content (AvgIpc) is 2.65. The minimum atomic E-state index is -0.487. The summed E-state index contributed by atoms with van der Waals surface area (Å²) in [6, 6.07) is 3.23. The first-order chi connectivity index (χ1) is 9.42. The van der Waals surface area contributed by atoms with Crippen molar-refractivity contribution in [3.63, 3.8) is 0 Å². The van der Waals surface area contributed by atoms with Crippen molar-refractivity contribution < 1.29 is 19.1 Å². The van der Waals surface area contributed by atoms with Gasteiger partial charge < -0.3 is 14.0 Å². The first-order valence-electron chi connectivity index (χ1n) is 5.83. The van der Waals surface area contributed by atoms with Crippen LogP contribution in [0.25, 0.3) is 11.0 Å². The molecule has 2 rings (SSSR count). The van der Waals surface area contributed by atoms with E-state index in [4.69, 9.17) is 9.47 Å². The van der Waals surface area contributed by atoms with Gasteiger partial charge in [-0.3, -0.25) is 9.59 Å². The highest BCUT2D eigenvalue weighted by atomic mass is 32.2. The SMILES string of the molecule is CSc1nc2cc(OC(C)=O)c(OC(C)=O)cc2n1C. The predicted molar refractivity (Wildman–Crippen MR) is 75.1 cm³/mol. The molecular weight excluding hydrogens is 280 g/mol. The molecule has 0 aliphatic heterocycles. The molecule has 0 unspecified atom stereocenters. The average molecular weight is 294 g/mol. The third-order valence-corrected chi connectivity index (χ3v) is 3.33. The summed E-state index contributed by atoms with van der Waals surface area (Å²) >= 11 is 1.50. The maximum Gasteiger partial charge on any atom is 0.308 e. The van der Waals surface area contributed by atoms with Crippen LogP contribution in [0.15, 0.2) is 17.3 Å². The van der Waals surface area contributed by atoms with Gasteiger partial charge in [-0.2, -0.15) is 0 Å². The van der Waals surface area contributed by atoms with E-state index in [1.165, 1.54) is 25.6 Å². The van der Waals surface area contributed by atoms with E-state index < -0.39 is 11.9 Å². The number of nitrogens with zero attached hydrogens (tertiary/aromatic N) is 2. The molecule has 0 radical (unpaired) electrons. The highest BCUT2D eigenvalue weighted by molar-refractivity contribution is 7.98. The van der Waals surface area contributed by atoms with Crippen molar-refractivity contribution in [3.8, 4) is 11.5 Å². The molecular formula is C13H14N2O4S. The second kappa shape index (κ2) is 5.54. The molecule has 0 fully saturated rings. The summed E-state index contributed by atoms with van der Waals surface area (Å²) in [5, 5.41) is 0.814. The quantitative estimate of drug-likeness (QED) is 0.491. The second-order valence-corrected chi connectivity index (χ2v) is 4.91. The first-order valence-corrected chi connectivity index (χ1v) is 7.06. The molecule has 6 nitrogen and oxygen atoms in total. The van der Waals surface area contributed by atoms with Gasteiger partial charge >= 0.3 is 11.9 Å². The monoisotopic (exact) mass is 294 g/mol. The molecule has 20 heavy (non-hydrogen) atoms. The molecule has 0 amide bonds. The molecule has 1 heterocycles. The van der Waals surface area contributed by atoms with Gasteiger partial charge in [-0.15, -0.1) is 0 Å². The number of rotatable bonds is 3. The Kier molecular flexibility index (Phi) is 3.99. The number of esters is 2. The molecule has 0 saturated heterocycles. The van der Waals surface area contributed by atoms with Gasteiger partial charge in [0.1, 0.15) is 0 Å². The largest absolute Gasteiger partial charge is 0.423 e. The molecule has 0 N–H and O–H groups in total. The van der Waals surface area contributed by atoms with Crippen LogP contribution in [-0.4, -0.2) is 27.7 Å². The second-order valence-electron chi connectivity index (χ2n) is 4.13. The number of aromatic nitrogens is 2. The van der Waals surface area contributed by atoms with Gasteiger partial charge in [0.05, 0.1) is 11.0 Å². The van der Waals surface area contributed by atoms with Gasteiger partial charge in [-0.05, 0) is 6.26 Å². The van der Waals surface area contributed by atoms with Crippen molar-refractivity contribution in [1.82, 2.24) is 9.55 Å². The fraction of sp³-hybridized carbons (Fsp3) is 0.308. The van der Waals surface area contributed by atoms with E-state index in [0.29, 0.717) is 5.52 Å². The van der Waals surface area contributed by atoms with Crippen LogP contribution in [0, 0.1) is 0 Å². The van der Waals surface area contributed by atoms with Crippen LogP contribution in [-0.2, 0) is 16.6 Å². The van der Waals surface area contributed by atoms with Gasteiger partial charge in [0.15, 0.2) is 16.7 Å². The fourth-order valence-electron chi connectivity index (χ4n) is 1.83. The Hall–Kier alpha value is -2.02. The van der Waals surface area contributed by atoms with Crippen LogP contribution >= 0.6 is 11.8 Å². The Morgan fingerprint density at radius 1 is 1.15 bits per heavy atom. The molecule has 1 aromatic carbocycles. The zero-order valence-corrected chi connectivity index (χ0v) is 12.4. The molecule has 0 bridgehead atoms. The maximum atomic E-state index is 11.1. The lowest BCUT2D eigenvalue weighted by atomic mass is 10.2. The molecule has 0 aliphatic carbocycles. The Labute approximate surface area is 120 Å². The summed E-state index contributed by atoms with van der Waals surface area (Å²) in [6.07, 6.45) is 1.92. The zero-order valence-electron chi connectivity index (χ0n) is 11.6. The lowest BCUT2D eigenvalue weighted by Crippen LogP contribution is -2.07. The molecule has 0 saturated carbocycles. The van der Waals surface area contributed by atoms with E-state index in [2.05, 4.69) is 4.98 Å². The highest BCUT2D eigenvalue weighted by Gasteiger charge is 2.16. The number of carbonyl (C=O) groups is 2.